The number of nitrogens with one attached hydrogen (secondary N) is 1. The van der Waals surface area contributed by atoms with Crippen LogP contribution in [0.5, 0.6) is 0 Å². The molecule has 3 N–H and O–H groups in total. The van der Waals surface area contributed by atoms with Crippen LogP contribution in [0.4, 0.5) is 0 Å². The molecule has 56 valence electrons. The van der Waals surface area contributed by atoms with Gasteiger partial charge in [-0.3, -0.25) is 5.43 Å². The van der Waals surface area contributed by atoms with Gasteiger partial charge >= 0.3 is 0 Å². The van der Waals surface area contributed by atoms with E-state index < -0.39 is 0 Å². The van der Waals surface area contributed by atoms with Crippen molar-refractivity contribution in [2.75, 3.05) is 20.0 Å². The van der Waals surface area contributed by atoms with E-state index in [4.69, 9.17) is 10.2 Å². The van der Waals surface area contributed by atoms with Crippen LogP contribution in [0.25, 0.3) is 0 Å². The van der Waals surface area contributed by atoms with E-state index in [0.29, 0.717) is 0 Å². The summed E-state index contributed by atoms with van der Waals surface area (Å²) in [4.78, 5) is 0. The molecule has 0 saturated heterocycles. The Labute approximate surface area is 55.1 Å². The number of nitrogens with zero attached hydrogens (tertiary/aromatic N) is 1. The molecule has 0 bridgehead atoms. The summed E-state index contributed by atoms with van der Waals surface area (Å²) in [5, 5.41) is 18.2. The molecule has 0 fully saturated rings. The Morgan fingerprint density at radius 1 is 1.33 bits per heavy atom. The first-order valence-electron chi connectivity index (χ1n) is 3.05. The molecule has 9 heavy (non-hydrogen) atoms. The standard InChI is InChI=1S/C5H14N2O2/c1-2-3-6-7(4-8)5-9/h6,8-9H,2-5H2,1H3. The second kappa shape index (κ2) is 5.97. The van der Waals surface area contributed by atoms with Crippen molar-refractivity contribution in [1.82, 2.24) is 10.4 Å². The summed E-state index contributed by atoms with van der Waals surface area (Å²) in [5.74, 6) is 0. The van der Waals surface area contributed by atoms with Gasteiger partial charge in [0, 0.05) is 6.54 Å². The lowest BCUT2D eigenvalue weighted by Crippen LogP contribution is -2.39. The maximum atomic E-state index is 8.46. The second-order valence-electron chi connectivity index (χ2n) is 1.73. The first-order chi connectivity index (χ1) is 4.35. The molecule has 0 unspecified atom stereocenters. The monoisotopic (exact) mass is 134 g/mol. The number of hydrogen-bond donors (Lipinski definition) is 3. The summed E-state index contributed by atoms with van der Waals surface area (Å²) in [5.41, 5.74) is 2.80. The molecule has 0 aliphatic rings. The van der Waals surface area contributed by atoms with Gasteiger partial charge in [-0.1, -0.05) is 6.92 Å². The van der Waals surface area contributed by atoms with Gasteiger partial charge in [-0.2, -0.15) is 5.01 Å². The van der Waals surface area contributed by atoms with Crippen molar-refractivity contribution in [3.63, 3.8) is 0 Å². The summed E-state index contributed by atoms with van der Waals surface area (Å²) in [6.45, 7) is 2.48. The van der Waals surface area contributed by atoms with E-state index in [1.54, 1.807) is 0 Å². The lowest BCUT2D eigenvalue weighted by Gasteiger charge is -2.16. The molecule has 0 amide bonds. The van der Waals surface area contributed by atoms with Crippen molar-refractivity contribution >= 4 is 0 Å². The van der Waals surface area contributed by atoms with Gasteiger partial charge in [-0.15, -0.1) is 0 Å². The van der Waals surface area contributed by atoms with Crippen LogP contribution in [0, 0.1) is 0 Å². The van der Waals surface area contributed by atoms with Gasteiger partial charge in [0.2, 0.25) is 0 Å². The fourth-order valence-electron chi connectivity index (χ4n) is 0.415. The minimum atomic E-state index is -0.156. The van der Waals surface area contributed by atoms with Gasteiger partial charge in [0.25, 0.3) is 0 Å². The van der Waals surface area contributed by atoms with Crippen LogP contribution in [0.1, 0.15) is 13.3 Å². The number of hydrazine groups is 1. The average molecular weight is 134 g/mol. The predicted octanol–water partition coefficient (Wildman–Crippen LogP) is -0.897. The zero-order chi connectivity index (χ0) is 7.11. The molecule has 0 rings (SSSR count). The fourth-order valence-corrected chi connectivity index (χ4v) is 0.415. The third-order valence-corrected chi connectivity index (χ3v) is 0.927. The minimum absolute atomic E-state index is 0.156. The average Bonchev–Trinajstić information content (AvgIpc) is 1.91. The zero-order valence-electron chi connectivity index (χ0n) is 5.67. The van der Waals surface area contributed by atoms with E-state index >= 15 is 0 Å². The number of aliphatic hydroxyl groups is 2. The minimum Gasteiger partial charge on any atom is -0.380 e. The molecule has 4 heteroatoms. The van der Waals surface area contributed by atoms with E-state index in [1.807, 2.05) is 6.92 Å². The maximum absolute atomic E-state index is 8.46. The Balaban J connectivity index is 3.09. The van der Waals surface area contributed by atoms with Crippen LogP contribution in [-0.4, -0.2) is 35.2 Å². The molecule has 0 spiro atoms. The highest BCUT2D eigenvalue weighted by molar-refractivity contribution is 4.36. The van der Waals surface area contributed by atoms with Gasteiger partial charge < -0.3 is 10.2 Å². The number of rotatable bonds is 5. The van der Waals surface area contributed by atoms with Gasteiger partial charge in [0.05, 0.1) is 0 Å². The quantitative estimate of drug-likeness (QED) is 0.337. The van der Waals surface area contributed by atoms with Gasteiger partial charge in [0.15, 0.2) is 0 Å². The van der Waals surface area contributed by atoms with Crippen molar-refractivity contribution < 1.29 is 10.2 Å². The van der Waals surface area contributed by atoms with Crippen molar-refractivity contribution in [2.24, 2.45) is 0 Å². The van der Waals surface area contributed by atoms with E-state index in [9.17, 15) is 0 Å². The van der Waals surface area contributed by atoms with Crippen molar-refractivity contribution in [2.45, 2.75) is 13.3 Å². The van der Waals surface area contributed by atoms with Crippen LogP contribution >= 0.6 is 0 Å². The summed E-state index contributed by atoms with van der Waals surface area (Å²) in [6.07, 6.45) is 0.983. The Hall–Kier alpha value is -0.160. The highest BCUT2D eigenvalue weighted by Crippen LogP contribution is 1.76. The number of hydrogen-bond acceptors (Lipinski definition) is 4. The third kappa shape index (κ3) is 4.35. The lowest BCUT2D eigenvalue weighted by atomic mass is 10.5. The Morgan fingerprint density at radius 3 is 2.22 bits per heavy atom. The summed E-state index contributed by atoms with van der Waals surface area (Å²) in [6, 6.07) is 0. The molecule has 0 aliphatic heterocycles. The summed E-state index contributed by atoms with van der Waals surface area (Å²) < 4.78 is 0. The first-order valence-corrected chi connectivity index (χ1v) is 3.05. The maximum Gasteiger partial charge on any atom is 0.111 e. The van der Waals surface area contributed by atoms with Gasteiger partial charge in [-0.05, 0) is 6.42 Å². The van der Waals surface area contributed by atoms with E-state index in [2.05, 4.69) is 5.43 Å². The van der Waals surface area contributed by atoms with E-state index in [-0.39, 0.29) is 13.5 Å². The van der Waals surface area contributed by atoms with Crippen LogP contribution in [-0.2, 0) is 0 Å². The molecule has 0 radical (unpaired) electrons. The highest BCUT2D eigenvalue weighted by atomic mass is 16.3. The van der Waals surface area contributed by atoms with Crippen LogP contribution in [0.3, 0.4) is 0 Å². The smallest absolute Gasteiger partial charge is 0.111 e. The molecule has 0 aromatic heterocycles. The Bertz CT molecular complexity index is 56.9. The largest absolute Gasteiger partial charge is 0.380 e. The van der Waals surface area contributed by atoms with Crippen LogP contribution in [0.15, 0.2) is 0 Å². The molecule has 0 aromatic carbocycles. The first kappa shape index (κ1) is 8.84. The summed E-state index contributed by atoms with van der Waals surface area (Å²) in [7, 11) is 0. The van der Waals surface area contributed by atoms with Crippen molar-refractivity contribution in [3.8, 4) is 0 Å². The third-order valence-electron chi connectivity index (χ3n) is 0.927. The van der Waals surface area contributed by atoms with Gasteiger partial charge in [-0.25, -0.2) is 0 Å². The van der Waals surface area contributed by atoms with E-state index in [1.165, 1.54) is 5.01 Å². The molecule has 4 nitrogen and oxygen atoms in total. The fraction of sp³-hybridized carbons (Fsp3) is 1.00. The Morgan fingerprint density at radius 2 is 1.89 bits per heavy atom. The van der Waals surface area contributed by atoms with Crippen LogP contribution in [0.2, 0.25) is 0 Å². The Kier molecular flexibility index (Phi) is 5.86. The topological polar surface area (TPSA) is 55.7 Å². The molecule has 0 heterocycles. The molecule has 0 aliphatic carbocycles. The highest BCUT2D eigenvalue weighted by Gasteiger charge is 1.95. The number of aliphatic hydroxyl groups excluding tert-OH is 2. The zero-order valence-corrected chi connectivity index (χ0v) is 5.67. The van der Waals surface area contributed by atoms with E-state index in [0.717, 1.165) is 13.0 Å². The summed E-state index contributed by atoms with van der Waals surface area (Å²) >= 11 is 0. The van der Waals surface area contributed by atoms with Crippen molar-refractivity contribution in [1.29, 1.82) is 0 Å². The molecule has 0 saturated carbocycles. The normalized spacial score (nSPS) is 10.7. The van der Waals surface area contributed by atoms with Gasteiger partial charge in [0.1, 0.15) is 13.5 Å². The molecule has 0 aromatic rings. The van der Waals surface area contributed by atoms with Crippen LogP contribution < -0.4 is 5.43 Å². The molecular weight excluding hydrogens is 120 g/mol. The predicted molar refractivity (Wildman–Crippen MR) is 34.3 cm³/mol. The molecular formula is C5H14N2O2. The second-order valence-corrected chi connectivity index (χ2v) is 1.73. The SMILES string of the molecule is CCCNN(CO)CO. The lowest BCUT2D eigenvalue weighted by molar-refractivity contribution is -0.00979. The molecule has 0 atom stereocenters. The van der Waals surface area contributed by atoms with Crippen molar-refractivity contribution in [3.05, 3.63) is 0 Å².